The lowest BCUT2D eigenvalue weighted by Crippen LogP contribution is -2.46. The first-order chi connectivity index (χ1) is 16.2. The Hall–Kier alpha value is -3.31. The molecule has 0 bridgehead atoms. The maximum Gasteiger partial charge on any atom is 0.224 e. The Morgan fingerprint density at radius 2 is 1.64 bits per heavy atom. The molecule has 3 aromatic carbocycles. The molecule has 0 saturated carbocycles. The van der Waals surface area contributed by atoms with E-state index in [0.29, 0.717) is 23.8 Å². The zero-order chi connectivity index (χ0) is 22.9. The molecule has 5 heteroatoms. The van der Waals surface area contributed by atoms with Gasteiger partial charge >= 0.3 is 0 Å². The minimum atomic E-state index is 0.0751. The monoisotopic (exact) mass is 444 g/mol. The summed E-state index contributed by atoms with van der Waals surface area (Å²) >= 11 is 0. The number of amides is 1. The summed E-state index contributed by atoms with van der Waals surface area (Å²) in [5, 5.41) is 6.77. The molecule has 3 aromatic rings. The van der Waals surface area contributed by atoms with Crippen LogP contribution in [0.15, 0.2) is 78.9 Å². The Balaban J connectivity index is 1.47. The van der Waals surface area contributed by atoms with Gasteiger partial charge < -0.3 is 20.1 Å². The topological polar surface area (TPSA) is 59.6 Å². The number of benzene rings is 3. The van der Waals surface area contributed by atoms with Gasteiger partial charge in [-0.05, 0) is 73.7 Å². The van der Waals surface area contributed by atoms with E-state index >= 15 is 0 Å². The van der Waals surface area contributed by atoms with Crippen molar-refractivity contribution in [3.63, 3.8) is 0 Å². The highest BCUT2D eigenvalue weighted by Gasteiger charge is 2.25. The third kappa shape index (κ3) is 6.59. The van der Waals surface area contributed by atoms with Gasteiger partial charge in [-0.2, -0.15) is 0 Å². The van der Waals surface area contributed by atoms with Crippen LogP contribution in [0.3, 0.4) is 0 Å². The van der Waals surface area contributed by atoms with Crippen LogP contribution in [-0.4, -0.2) is 32.1 Å². The van der Waals surface area contributed by atoms with Gasteiger partial charge in [-0.1, -0.05) is 54.6 Å². The minimum absolute atomic E-state index is 0.0751. The Labute approximate surface area is 196 Å². The molecule has 1 unspecified atom stereocenters. The van der Waals surface area contributed by atoms with Crippen molar-refractivity contribution in [2.45, 2.75) is 31.7 Å². The molecule has 0 spiro atoms. The zero-order valence-electron chi connectivity index (χ0n) is 19.1. The first-order valence-corrected chi connectivity index (χ1v) is 11.6. The fourth-order valence-electron chi connectivity index (χ4n) is 4.44. The van der Waals surface area contributed by atoms with E-state index in [1.165, 1.54) is 0 Å². The van der Waals surface area contributed by atoms with Gasteiger partial charge in [0.1, 0.15) is 5.75 Å². The van der Waals surface area contributed by atoms with Crippen molar-refractivity contribution in [1.29, 1.82) is 0 Å². The Kier molecular flexibility index (Phi) is 7.99. The average Bonchev–Trinajstić information content (AvgIpc) is 2.85. The molecule has 1 fully saturated rings. The Bertz CT molecular complexity index is 1030. The van der Waals surface area contributed by atoms with E-state index in [0.717, 1.165) is 49.2 Å². The van der Waals surface area contributed by atoms with Crippen molar-refractivity contribution in [2.24, 2.45) is 5.92 Å². The van der Waals surface area contributed by atoms with Crippen molar-refractivity contribution >= 4 is 5.91 Å². The number of carbonyl (C=O) groups excluding carboxylic acids is 1. The number of piperidine rings is 1. The summed E-state index contributed by atoms with van der Waals surface area (Å²) in [6.45, 7) is 1.99. The molecular weight excluding hydrogens is 412 g/mol. The lowest BCUT2D eigenvalue weighted by atomic mass is 9.86. The van der Waals surface area contributed by atoms with Gasteiger partial charge in [-0.15, -0.1) is 0 Å². The average molecular weight is 445 g/mol. The van der Waals surface area contributed by atoms with E-state index in [-0.39, 0.29) is 11.9 Å². The second-order valence-electron chi connectivity index (χ2n) is 8.53. The van der Waals surface area contributed by atoms with Gasteiger partial charge in [0, 0.05) is 6.04 Å². The summed E-state index contributed by atoms with van der Waals surface area (Å²) < 4.78 is 11.5. The van der Waals surface area contributed by atoms with E-state index in [1.54, 1.807) is 7.11 Å². The van der Waals surface area contributed by atoms with Crippen LogP contribution in [0.1, 0.15) is 24.0 Å². The lowest BCUT2D eigenvalue weighted by molar-refractivity contribution is -0.121. The normalized spacial score (nSPS) is 14.9. The van der Waals surface area contributed by atoms with Crippen LogP contribution < -0.4 is 20.1 Å². The summed E-state index contributed by atoms with van der Waals surface area (Å²) in [4.78, 5) is 12.9. The number of para-hydroxylation sites is 2. The second-order valence-corrected chi connectivity index (χ2v) is 8.53. The van der Waals surface area contributed by atoms with Gasteiger partial charge in [0.25, 0.3) is 0 Å². The number of hydrogen-bond acceptors (Lipinski definition) is 4. The summed E-state index contributed by atoms with van der Waals surface area (Å²) in [5.41, 5.74) is 2.18. The van der Waals surface area contributed by atoms with Crippen molar-refractivity contribution in [3.8, 4) is 17.2 Å². The first kappa shape index (κ1) is 22.9. The van der Waals surface area contributed by atoms with Crippen LogP contribution in [-0.2, 0) is 17.6 Å². The fraction of sp³-hybridized carbons (Fsp3) is 0.321. The molecule has 1 heterocycles. The van der Waals surface area contributed by atoms with Crippen molar-refractivity contribution in [2.75, 3.05) is 20.2 Å². The van der Waals surface area contributed by atoms with Crippen LogP contribution in [0.2, 0.25) is 0 Å². The highest BCUT2D eigenvalue weighted by atomic mass is 16.5. The number of nitrogens with one attached hydrogen (secondary N) is 2. The molecule has 2 N–H and O–H groups in total. The third-order valence-electron chi connectivity index (χ3n) is 6.16. The lowest BCUT2D eigenvalue weighted by Gasteiger charge is -2.31. The summed E-state index contributed by atoms with van der Waals surface area (Å²) in [6.07, 6.45) is 3.30. The number of rotatable bonds is 9. The third-order valence-corrected chi connectivity index (χ3v) is 6.16. The quantitative estimate of drug-likeness (QED) is 0.500. The molecular formula is C28H32N2O3. The summed E-state index contributed by atoms with van der Waals surface area (Å²) in [5.74, 6) is 2.67. The highest BCUT2D eigenvalue weighted by molar-refractivity contribution is 5.78. The van der Waals surface area contributed by atoms with Gasteiger partial charge in [-0.25, -0.2) is 0 Å². The van der Waals surface area contributed by atoms with E-state index in [1.807, 2.05) is 66.7 Å². The van der Waals surface area contributed by atoms with Crippen LogP contribution in [0.4, 0.5) is 0 Å². The molecule has 5 nitrogen and oxygen atoms in total. The van der Waals surface area contributed by atoms with E-state index in [4.69, 9.17) is 9.47 Å². The molecule has 1 atom stereocenters. The molecule has 1 aliphatic heterocycles. The summed E-state index contributed by atoms with van der Waals surface area (Å²) in [7, 11) is 1.64. The molecule has 1 aliphatic rings. The smallest absolute Gasteiger partial charge is 0.224 e. The molecule has 1 amide bonds. The predicted molar refractivity (Wildman–Crippen MR) is 131 cm³/mol. The minimum Gasteiger partial charge on any atom is -0.493 e. The highest BCUT2D eigenvalue weighted by Crippen LogP contribution is 2.31. The van der Waals surface area contributed by atoms with Crippen molar-refractivity contribution in [1.82, 2.24) is 10.6 Å². The molecule has 0 radical (unpaired) electrons. The molecule has 0 aromatic heterocycles. The Morgan fingerprint density at radius 3 is 2.39 bits per heavy atom. The SMILES string of the molecule is COc1ccccc1Oc1cccc(CC(NC(=O)Cc2ccccc2)C2CCNCC2)c1. The standard InChI is InChI=1S/C28H32N2O3/c1-32-26-12-5-6-13-27(26)33-24-11-7-10-22(18-24)19-25(23-14-16-29-17-15-23)30-28(31)20-21-8-3-2-4-9-21/h2-13,18,23,25,29H,14-17,19-20H2,1H3,(H,30,31). The fourth-order valence-corrected chi connectivity index (χ4v) is 4.44. The molecule has 172 valence electrons. The van der Waals surface area contributed by atoms with Gasteiger partial charge in [0.05, 0.1) is 13.5 Å². The van der Waals surface area contributed by atoms with Crippen LogP contribution in [0, 0.1) is 5.92 Å². The molecule has 4 rings (SSSR count). The van der Waals surface area contributed by atoms with E-state index in [9.17, 15) is 4.79 Å². The maximum atomic E-state index is 12.9. The Morgan fingerprint density at radius 1 is 0.939 bits per heavy atom. The first-order valence-electron chi connectivity index (χ1n) is 11.6. The largest absolute Gasteiger partial charge is 0.493 e. The van der Waals surface area contributed by atoms with Gasteiger partial charge in [0.15, 0.2) is 11.5 Å². The van der Waals surface area contributed by atoms with Gasteiger partial charge in [-0.3, -0.25) is 4.79 Å². The van der Waals surface area contributed by atoms with E-state index in [2.05, 4.69) is 22.8 Å². The number of hydrogen-bond donors (Lipinski definition) is 2. The number of ether oxygens (including phenoxy) is 2. The van der Waals surface area contributed by atoms with Crippen LogP contribution in [0.5, 0.6) is 17.2 Å². The molecule has 1 saturated heterocycles. The van der Waals surface area contributed by atoms with E-state index < -0.39 is 0 Å². The predicted octanol–water partition coefficient (Wildman–Crippen LogP) is 4.76. The molecule has 33 heavy (non-hydrogen) atoms. The van der Waals surface area contributed by atoms with Crippen LogP contribution >= 0.6 is 0 Å². The van der Waals surface area contributed by atoms with Crippen molar-refractivity contribution < 1.29 is 14.3 Å². The van der Waals surface area contributed by atoms with Gasteiger partial charge in [0.2, 0.25) is 5.91 Å². The van der Waals surface area contributed by atoms with Crippen molar-refractivity contribution in [3.05, 3.63) is 90.0 Å². The molecule has 0 aliphatic carbocycles. The van der Waals surface area contributed by atoms with Crippen LogP contribution in [0.25, 0.3) is 0 Å². The number of carbonyl (C=O) groups is 1. The zero-order valence-corrected chi connectivity index (χ0v) is 19.1. The number of methoxy groups -OCH3 is 1. The second kappa shape index (κ2) is 11.5. The summed E-state index contributed by atoms with van der Waals surface area (Å²) in [6, 6.07) is 25.7. The maximum absolute atomic E-state index is 12.9.